The van der Waals surface area contributed by atoms with Crippen molar-refractivity contribution >= 4 is 64.4 Å². The van der Waals surface area contributed by atoms with Gasteiger partial charge < -0.3 is 30.5 Å². The number of unbranched alkanes of at least 4 members (excludes halogenated alkanes) is 1. The van der Waals surface area contributed by atoms with Crippen LogP contribution in [0.15, 0.2) is 53.9 Å². The summed E-state index contributed by atoms with van der Waals surface area (Å²) in [5, 5.41) is 24.6. The van der Waals surface area contributed by atoms with E-state index in [0.29, 0.717) is 37.1 Å². The summed E-state index contributed by atoms with van der Waals surface area (Å²) in [6.07, 6.45) is 8.18. The Hall–Kier alpha value is -6.36. The van der Waals surface area contributed by atoms with Gasteiger partial charge in [-0.1, -0.05) is 64.8 Å². The molecule has 0 aliphatic carbocycles. The van der Waals surface area contributed by atoms with Gasteiger partial charge in [0.05, 0.1) is 24.1 Å². The summed E-state index contributed by atoms with van der Waals surface area (Å²) in [5.74, 6) is -1.04. The Morgan fingerprint density at radius 2 is 1.61 bits per heavy atom. The highest BCUT2D eigenvalue weighted by atomic mass is 32.1. The van der Waals surface area contributed by atoms with E-state index in [1.807, 2.05) is 39.6 Å². The van der Waals surface area contributed by atoms with Gasteiger partial charge in [0, 0.05) is 49.5 Å². The summed E-state index contributed by atoms with van der Waals surface area (Å²) >= 11 is 1.10. The van der Waals surface area contributed by atoms with Gasteiger partial charge in [-0.3, -0.25) is 43.8 Å². The number of likely N-dealkylation sites (tertiary alicyclic amines) is 1. The van der Waals surface area contributed by atoms with Crippen LogP contribution in [0.1, 0.15) is 139 Å². The lowest BCUT2D eigenvalue weighted by Crippen LogP contribution is -2.58. The molecule has 6 atom stereocenters. The molecule has 1 saturated heterocycles. The first-order valence-corrected chi connectivity index (χ1v) is 25.5. The number of esters is 1. The molecule has 1 aromatic heterocycles. The van der Waals surface area contributed by atoms with Gasteiger partial charge in [0.2, 0.25) is 11.8 Å². The number of nitrogens with one attached hydrogen (secondary N) is 4. The van der Waals surface area contributed by atoms with Crippen molar-refractivity contribution in [1.29, 1.82) is 0 Å². The summed E-state index contributed by atoms with van der Waals surface area (Å²) in [4.78, 5) is 104. The average Bonchev–Trinajstić information content (AvgIpc) is 3.83. The zero-order valence-corrected chi connectivity index (χ0v) is 43.9. The van der Waals surface area contributed by atoms with Crippen molar-refractivity contribution in [1.82, 2.24) is 25.6 Å². The third kappa shape index (κ3) is 18.0. The van der Waals surface area contributed by atoms with Crippen molar-refractivity contribution in [2.45, 2.75) is 150 Å². The molecule has 1 aliphatic heterocycles. The molecular weight excluding hydrogens is 943 g/mol. The Morgan fingerprint density at radius 3 is 2.19 bits per heavy atom. The zero-order chi connectivity index (χ0) is 53.1. The van der Waals surface area contributed by atoms with Crippen LogP contribution in [-0.4, -0.2) is 106 Å². The maximum atomic E-state index is 14.8. The summed E-state index contributed by atoms with van der Waals surface area (Å²) in [7, 11) is 1.91. The predicted molar refractivity (Wildman–Crippen MR) is 274 cm³/mol. The van der Waals surface area contributed by atoms with Gasteiger partial charge in [0.25, 0.3) is 11.8 Å². The minimum absolute atomic E-state index is 0.00321. The van der Waals surface area contributed by atoms with Crippen molar-refractivity contribution in [3.8, 4) is 12.3 Å². The zero-order valence-electron chi connectivity index (χ0n) is 43.1. The molecule has 0 bridgehead atoms. The number of rotatable bonds is 26. The molecule has 5 amide bonds. The molecule has 1 fully saturated rings. The van der Waals surface area contributed by atoms with Crippen LogP contribution in [0, 0.1) is 29.6 Å². The smallest absolute Gasteiger partial charge is 0.411 e. The lowest BCUT2D eigenvalue weighted by molar-refractivity contribution is -0.213. The fourth-order valence-electron chi connectivity index (χ4n) is 8.27. The van der Waals surface area contributed by atoms with Gasteiger partial charge in [-0.15, -0.1) is 23.7 Å². The number of ether oxygens (including phenoxy) is 2. The second kappa shape index (κ2) is 28.0. The number of terminal acetylenes is 1. The lowest BCUT2D eigenvalue weighted by Gasteiger charge is -2.39. The number of likely N-dealkylation sites (N-methyl/N-ethyl adjacent to an activating group) is 1. The third-order valence-corrected chi connectivity index (χ3v) is 13.6. The number of hydrogen-bond acceptors (Lipinski definition) is 13. The number of anilines is 2. The minimum Gasteiger partial charge on any atom is -0.481 e. The number of thiazole rings is 1. The Labute approximate surface area is 427 Å². The highest BCUT2D eigenvalue weighted by Crippen LogP contribution is 2.33. The normalized spacial score (nSPS) is 15.9. The first-order chi connectivity index (χ1) is 34.1. The third-order valence-electron chi connectivity index (χ3n) is 12.6. The topological polar surface area (TPSA) is 235 Å². The highest BCUT2D eigenvalue weighted by molar-refractivity contribution is 7.09. The number of nitrogens with zero attached hydrogens (tertiary/aromatic N) is 3. The predicted octanol–water partition coefficient (Wildman–Crippen LogP) is 7.90. The summed E-state index contributed by atoms with van der Waals surface area (Å²) in [6, 6.07) is 11.0. The van der Waals surface area contributed by atoms with Crippen molar-refractivity contribution in [3.63, 3.8) is 0 Å². The van der Waals surface area contributed by atoms with Crippen LogP contribution in [0.25, 0.3) is 0 Å². The number of aliphatic carboxylic acids is 1. The molecule has 392 valence electrons. The van der Waals surface area contributed by atoms with Crippen molar-refractivity contribution in [2.24, 2.45) is 17.3 Å². The van der Waals surface area contributed by atoms with E-state index in [1.54, 1.807) is 62.4 Å². The Kier molecular flexibility index (Phi) is 22.7. The van der Waals surface area contributed by atoms with Crippen LogP contribution in [0.2, 0.25) is 0 Å². The molecule has 1 aliphatic rings. The number of hydroxylamine groups is 2. The van der Waals surface area contributed by atoms with E-state index in [2.05, 4.69) is 32.2 Å². The molecule has 1 unspecified atom stereocenters. The number of amides is 5. The van der Waals surface area contributed by atoms with Crippen molar-refractivity contribution < 1.29 is 53.0 Å². The monoisotopic (exact) mass is 1020 g/mol. The van der Waals surface area contributed by atoms with Crippen LogP contribution in [0.4, 0.5) is 16.2 Å². The quantitative estimate of drug-likeness (QED) is 0.0223. The molecule has 19 heteroatoms. The Balaban J connectivity index is 1.53. The first-order valence-electron chi connectivity index (χ1n) is 24.6. The van der Waals surface area contributed by atoms with Crippen LogP contribution in [-0.2, 0) is 51.3 Å². The molecule has 2 aromatic carbocycles. The van der Waals surface area contributed by atoms with Gasteiger partial charge in [-0.05, 0) is 107 Å². The molecule has 0 saturated carbocycles. The maximum Gasteiger partial charge on any atom is 0.411 e. The van der Waals surface area contributed by atoms with Crippen LogP contribution < -0.4 is 21.3 Å². The number of carbonyl (C=O) groups is 7. The molecular formula is C53H73N7O11S. The van der Waals surface area contributed by atoms with Crippen molar-refractivity contribution in [2.75, 3.05) is 30.8 Å². The lowest BCUT2D eigenvalue weighted by atomic mass is 9.84. The second-order valence-corrected chi connectivity index (χ2v) is 20.3. The number of aromatic nitrogens is 1. The Morgan fingerprint density at radius 1 is 0.958 bits per heavy atom. The molecule has 0 radical (unpaired) electrons. The van der Waals surface area contributed by atoms with E-state index >= 15 is 0 Å². The van der Waals surface area contributed by atoms with Crippen molar-refractivity contribution in [3.05, 3.63) is 75.7 Å². The number of carboxylic acid groups (broad SMARTS) is 1. The summed E-state index contributed by atoms with van der Waals surface area (Å²) in [6.45, 7) is 14.4. The Bertz CT molecular complexity index is 2350. The molecule has 3 aromatic rings. The fraction of sp³-hybridized carbons (Fsp3) is 0.547. The number of piperidine rings is 1. The van der Waals surface area contributed by atoms with E-state index in [-0.39, 0.29) is 72.9 Å². The van der Waals surface area contributed by atoms with Crippen LogP contribution in [0.5, 0.6) is 0 Å². The maximum absolute atomic E-state index is 14.8. The highest BCUT2D eigenvalue weighted by Gasteiger charge is 2.40. The number of hydrogen-bond donors (Lipinski definition) is 5. The number of carbonyl (C=O) groups excluding carboxylic acids is 6. The van der Waals surface area contributed by atoms with E-state index < -0.39 is 59.5 Å². The van der Waals surface area contributed by atoms with Crippen LogP contribution >= 0.6 is 11.3 Å². The first kappa shape index (κ1) is 58.2. The molecule has 2 heterocycles. The van der Waals surface area contributed by atoms with Gasteiger partial charge in [0.15, 0.2) is 6.10 Å². The van der Waals surface area contributed by atoms with Gasteiger partial charge in [-0.25, -0.2) is 14.8 Å². The molecule has 18 nitrogen and oxygen atoms in total. The van der Waals surface area contributed by atoms with E-state index in [1.165, 1.54) is 24.3 Å². The SMILES string of the molecule is C#CCCCON(C(=O)C(NC(=O)[C@H]1CCCCN1C)[C@@H](C)CC)[C@H](C[C@@H](OC(C)=O)c1nc(C(=O)N[C@@H](Cc2ccc(NC(=O)OCc3ccc(NC(C)=O)cc3)cc2)CC(C)(C)C(=O)O)cs1)C(C)C. The minimum atomic E-state index is -1.23. The molecule has 5 N–H and O–H groups in total. The largest absolute Gasteiger partial charge is 0.481 e. The summed E-state index contributed by atoms with van der Waals surface area (Å²) < 4.78 is 11.2. The molecule has 0 spiro atoms. The molecule has 4 rings (SSSR count). The average molecular weight is 1020 g/mol. The van der Waals surface area contributed by atoms with Gasteiger partial charge in [-0.2, -0.15) is 0 Å². The fourth-order valence-corrected chi connectivity index (χ4v) is 9.11. The number of carboxylic acids is 1. The van der Waals surface area contributed by atoms with E-state index in [9.17, 15) is 38.7 Å². The summed E-state index contributed by atoms with van der Waals surface area (Å²) in [5.41, 5.74) is 1.30. The standard InChI is InChI=1S/C53H73N7O11S/c1-11-13-16-27-70-60(50(65)46(34(5)12-2)58-48(64)43-17-14-15-26-59(43)10)44(33(3)4)29-45(71-36(7)62)49-57-42(32-72-49)47(63)55-41(30-53(8,9)51(66)67)28-37-18-22-40(23-19-37)56-52(68)69-31-38-20-24-39(25-21-38)54-35(6)61/h1,18-25,32-34,41,43-46H,12-17,26-31H2,2-10H3,(H,54,61)(H,55,63)(H,56,68)(H,58,64)(H,66,67)/t34-,41-,43+,44+,45+,46?/m0/s1. The van der Waals surface area contributed by atoms with Crippen LogP contribution in [0.3, 0.4) is 0 Å². The molecule has 72 heavy (non-hydrogen) atoms. The number of benzene rings is 2. The van der Waals surface area contributed by atoms with E-state index in [0.717, 1.165) is 41.9 Å². The second-order valence-electron chi connectivity index (χ2n) is 19.4. The van der Waals surface area contributed by atoms with E-state index in [4.69, 9.17) is 20.7 Å². The van der Waals surface area contributed by atoms with Gasteiger partial charge in [0.1, 0.15) is 23.4 Å². The van der Waals surface area contributed by atoms with Gasteiger partial charge >= 0.3 is 18.0 Å².